The van der Waals surface area contributed by atoms with Crippen molar-refractivity contribution in [1.29, 1.82) is 0 Å². The van der Waals surface area contributed by atoms with Crippen LogP contribution in [0.1, 0.15) is 32.5 Å². The van der Waals surface area contributed by atoms with Crippen molar-refractivity contribution in [1.82, 2.24) is 9.97 Å². The zero-order valence-electron chi connectivity index (χ0n) is 10.8. The average molecular weight is 255 g/mol. The third-order valence-corrected chi connectivity index (χ3v) is 3.35. The molecule has 4 N–H and O–H groups in total. The summed E-state index contributed by atoms with van der Waals surface area (Å²) in [5.74, 6) is 7.93. The SMILES string of the molecule is CSC(C)CNc1cc(NN)nc(C(C)C)n1. The number of nitrogens with zero attached hydrogens (tertiary/aromatic N) is 2. The summed E-state index contributed by atoms with van der Waals surface area (Å²) in [5, 5.41) is 3.84. The van der Waals surface area contributed by atoms with Crippen LogP contribution in [0, 0.1) is 0 Å². The number of hydrogen-bond acceptors (Lipinski definition) is 6. The Balaban J connectivity index is 2.80. The number of nitrogens with two attached hydrogens (primary N) is 1. The normalized spacial score (nSPS) is 12.6. The summed E-state index contributed by atoms with van der Waals surface area (Å²) in [6.07, 6.45) is 2.10. The lowest BCUT2D eigenvalue weighted by Gasteiger charge is -2.13. The lowest BCUT2D eigenvalue weighted by atomic mass is 10.2. The van der Waals surface area contributed by atoms with Crippen LogP contribution in [-0.2, 0) is 0 Å². The molecule has 0 aliphatic carbocycles. The second kappa shape index (κ2) is 6.66. The minimum atomic E-state index is 0.279. The van der Waals surface area contributed by atoms with E-state index >= 15 is 0 Å². The molecule has 5 nitrogen and oxygen atoms in total. The largest absolute Gasteiger partial charge is 0.369 e. The molecule has 0 fully saturated rings. The number of aromatic nitrogens is 2. The fourth-order valence-corrected chi connectivity index (χ4v) is 1.47. The van der Waals surface area contributed by atoms with Gasteiger partial charge in [0.2, 0.25) is 0 Å². The molecule has 0 amide bonds. The highest BCUT2D eigenvalue weighted by Crippen LogP contribution is 2.17. The van der Waals surface area contributed by atoms with Gasteiger partial charge in [-0.3, -0.25) is 0 Å². The summed E-state index contributed by atoms with van der Waals surface area (Å²) >= 11 is 1.82. The quantitative estimate of drug-likeness (QED) is 0.533. The van der Waals surface area contributed by atoms with Crippen molar-refractivity contribution < 1.29 is 0 Å². The van der Waals surface area contributed by atoms with Crippen molar-refractivity contribution in [2.75, 3.05) is 23.5 Å². The smallest absolute Gasteiger partial charge is 0.145 e. The maximum absolute atomic E-state index is 5.40. The Morgan fingerprint density at radius 1 is 1.29 bits per heavy atom. The van der Waals surface area contributed by atoms with Gasteiger partial charge in [-0.15, -0.1) is 0 Å². The van der Waals surface area contributed by atoms with Crippen molar-refractivity contribution >= 4 is 23.4 Å². The highest BCUT2D eigenvalue weighted by atomic mass is 32.2. The average Bonchev–Trinajstić information content (AvgIpc) is 2.35. The van der Waals surface area contributed by atoms with E-state index in [9.17, 15) is 0 Å². The number of thioether (sulfide) groups is 1. The molecule has 0 spiro atoms. The maximum atomic E-state index is 5.40. The number of rotatable bonds is 6. The first-order valence-electron chi connectivity index (χ1n) is 5.69. The molecule has 0 aromatic carbocycles. The first-order valence-corrected chi connectivity index (χ1v) is 6.97. The van der Waals surface area contributed by atoms with Crippen LogP contribution in [0.2, 0.25) is 0 Å². The second-order valence-electron chi connectivity index (χ2n) is 4.22. The Labute approximate surface area is 107 Å². The summed E-state index contributed by atoms with van der Waals surface area (Å²) < 4.78 is 0. The summed E-state index contributed by atoms with van der Waals surface area (Å²) in [5.41, 5.74) is 2.57. The first-order chi connectivity index (χ1) is 8.06. The molecule has 0 bridgehead atoms. The molecule has 1 aromatic rings. The van der Waals surface area contributed by atoms with E-state index in [0.717, 1.165) is 18.2 Å². The number of anilines is 2. The highest BCUT2D eigenvalue weighted by Gasteiger charge is 2.08. The Kier molecular flexibility index (Phi) is 5.50. The molecule has 1 unspecified atom stereocenters. The minimum absolute atomic E-state index is 0.279. The Bertz CT molecular complexity index is 356. The van der Waals surface area contributed by atoms with E-state index in [0.29, 0.717) is 11.1 Å². The lowest BCUT2D eigenvalue weighted by Crippen LogP contribution is -2.16. The molecule has 96 valence electrons. The zero-order valence-corrected chi connectivity index (χ0v) is 11.6. The standard InChI is InChI=1S/C11H21N5S/c1-7(2)11-14-9(5-10(15-11)16-12)13-6-8(3)17-4/h5,7-8H,6,12H2,1-4H3,(H2,13,14,15,16). The van der Waals surface area contributed by atoms with Gasteiger partial charge in [-0.25, -0.2) is 15.8 Å². The fraction of sp³-hybridized carbons (Fsp3) is 0.636. The molecular weight excluding hydrogens is 234 g/mol. The second-order valence-corrected chi connectivity index (χ2v) is 5.50. The number of hydrazine groups is 1. The molecule has 17 heavy (non-hydrogen) atoms. The van der Waals surface area contributed by atoms with E-state index in [-0.39, 0.29) is 5.92 Å². The molecule has 0 aliphatic heterocycles. The van der Waals surface area contributed by atoms with Gasteiger partial charge in [-0.05, 0) is 6.26 Å². The van der Waals surface area contributed by atoms with Gasteiger partial charge >= 0.3 is 0 Å². The minimum Gasteiger partial charge on any atom is -0.369 e. The fourth-order valence-electron chi connectivity index (χ4n) is 1.22. The van der Waals surface area contributed by atoms with Crippen LogP contribution in [0.25, 0.3) is 0 Å². The molecule has 0 radical (unpaired) electrons. The van der Waals surface area contributed by atoms with Gasteiger partial charge < -0.3 is 10.7 Å². The van der Waals surface area contributed by atoms with Crippen LogP contribution >= 0.6 is 11.8 Å². The zero-order chi connectivity index (χ0) is 12.8. The third-order valence-electron chi connectivity index (χ3n) is 2.38. The van der Waals surface area contributed by atoms with Gasteiger partial charge in [0, 0.05) is 23.8 Å². The lowest BCUT2D eigenvalue weighted by molar-refractivity contribution is 0.774. The molecule has 1 atom stereocenters. The van der Waals surface area contributed by atoms with Crippen molar-refractivity contribution in [2.24, 2.45) is 5.84 Å². The van der Waals surface area contributed by atoms with Gasteiger partial charge in [0.05, 0.1) is 0 Å². The van der Waals surface area contributed by atoms with E-state index in [1.807, 2.05) is 17.8 Å². The van der Waals surface area contributed by atoms with Crippen molar-refractivity contribution in [3.63, 3.8) is 0 Å². The van der Waals surface area contributed by atoms with Crippen LogP contribution in [0.5, 0.6) is 0 Å². The molecule has 1 aromatic heterocycles. The topological polar surface area (TPSA) is 75.9 Å². The Hall–Kier alpha value is -1.01. The van der Waals surface area contributed by atoms with Crippen LogP contribution in [0.15, 0.2) is 6.07 Å². The van der Waals surface area contributed by atoms with Gasteiger partial charge in [0.1, 0.15) is 17.5 Å². The van der Waals surface area contributed by atoms with Gasteiger partial charge in [0.15, 0.2) is 0 Å². The Morgan fingerprint density at radius 2 is 1.94 bits per heavy atom. The molecule has 0 saturated heterocycles. The third kappa shape index (κ3) is 4.40. The number of nitrogens with one attached hydrogen (secondary N) is 2. The first kappa shape index (κ1) is 14.1. The van der Waals surface area contributed by atoms with Gasteiger partial charge in [-0.1, -0.05) is 20.8 Å². The summed E-state index contributed by atoms with van der Waals surface area (Å²) in [6.45, 7) is 7.16. The van der Waals surface area contributed by atoms with E-state index in [1.54, 1.807) is 0 Å². The Morgan fingerprint density at radius 3 is 2.47 bits per heavy atom. The van der Waals surface area contributed by atoms with Gasteiger partial charge in [0.25, 0.3) is 0 Å². The van der Waals surface area contributed by atoms with Crippen LogP contribution in [-0.4, -0.2) is 28.0 Å². The van der Waals surface area contributed by atoms with Crippen molar-refractivity contribution in [3.8, 4) is 0 Å². The maximum Gasteiger partial charge on any atom is 0.145 e. The van der Waals surface area contributed by atoms with Crippen LogP contribution < -0.4 is 16.6 Å². The summed E-state index contributed by atoms with van der Waals surface area (Å²) in [7, 11) is 0. The highest BCUT2D eigenvalue weighted by molar-refractivity contribution is 7.99. The molecule has 6 heteroatoms. The molecule has 1 heterocycles. The van der Waals surface area contributed by atoms with E-state index in [4.69, 9.17) is 5.84 Å². The number of nitrogen functional groups attached to an aromatic ring is 1. The van der Waals surface area contributed by atoms with Crippen molar-refractivity contribution in [2.45, 2.75) is 31.9 Å². The number of hydrogen-bond donors (Lipinski definition) is 3. The van der Waals surface area contributed by atoms with E-state index in [1.165, 1.54) is 0 Å². The van der Waals surface area contributed by atoms with E-state index in [2.05, 4.69) is 47.7 Å². The molecular formula is C11H21N5S. The summed E-state index contributed by atoms with van der Waals surface area (Å²) in [6, 6.07) is 1.82. The predicted molar refractivity (Wildman–Crippen MR) is 75.4 cm³/mol. The molecule has 0 saturated carbocycles. The summed E-state index contributed by atoms with van der Waals surface area (Å²) in [4.78, 5) is 8.77. The van der Waals surface area contributed by atoms with E-state index < -0.39 is 0 Å². The van der Waals surface area contributed by atoms with Crippen LogP contribution in [0.4, 0.5) is 11.6 Å². The monoisotopic (exact) mass is 255 g/mol. The van der Waals surface area contributed by atoms with Gasteiger partial charge in [-0.2, -0.15) is 11.8 Å². The molecule has 0 aliphatic rings. The predicted octanol–water partition coefficient (Wildman–Crippen LogP) is 2.05. The van der Waals surface area contributed by atoms with Crippen molar-refractivity contribution in [3.05, 3.63) is 11.9 Å². The molecule has 1 rings (SSSR count). The van der Waals surface area contributed by atoms with Crippen LogP contribution in [0.3, 0.4) is 0 Å².